The number of nitrogens with two attached hydrogens (primary N) is 1. The van der Waals surface area contributed by atoms with Crippen LogP contribution >= 0.6 is 23.1 Å². The lowest BCUT2D eigenvalue weighted by molar-refractivity contribution is 0.422. The molecule has 0 aromatic carbocycles. The Morgan fingerprint density at radius 2 is 2.29 bits per heavy atom. The molecule has 2 heterocycles. The van der Waals surface area contributed by atoms with E-state index in [0.717, 1.165) is 11.6 Å². The summed E-state index contributed by atoms with van der Waals surface area (Å²) in [4.78, 5) is 0. The number of aromatic nitrogens is 4. The Morgan fingerprint density at radius 1 is 1.48 bits per heavy atom. The normalized spacial score (nSPS) is 19.0. The lowest BCUT2D eigenvalue weighted by atomic mass is 10.1. The van der Waals surface area contributed by atoms with Crippen LogP contribution in [0.1, 0.15) is 55.9 Å². The molecule has 1 saturated carbocycles. The fourth-order valence-corrected chi connectivity index (χ4v) is 4.85. The molecule has 0 saturated heterocycles. The van der Waals surface area contributed by atoms with Gasteiger partial charge in [0.15, 0.2) is 0 Å². The summed E-state index contributed by atoms with van der Waals surface area (Å²) in [5, 5.41) is 17.7. The highest BCUT2D eigenvalue weighted by molar-refractivity contribution is 7.99. The standard InChI is InChI=1S/C14H21N5S2/c1-2-12(15)13(10-7-8-20-9-10)21-14-16-17-18-19(14)11-5-3-4-6-11/h7-9,11-13H,2-6,15H2,1H3. The average Bonchev–Trinajstić information content (AvgIpc) is 3.24. The first kappa shape index (κ1) is 15.0. The average molecular weight is 323 g/mol. The van der Waals surface area contributed by atoms with E-state index in [9.17, 15) is 0 Å². The van der Waals surface area contributed by atoms with E-state index < -0.39 is 0 Å². The third-order valence-electron chi connectivity index (χ3n) is 4.10. The van der Waals surface area contributed by atoms with Gasteiger partial charge in [0.25, 0.3) is 0 Å². The first-order chi connectivity index (χ1) is 10.3. The molecule has 2 atom stereocenters. The molecular weight excluding hydrogens is 302 g/mol. The van der Waals surface area contributed by atoms with Gasteiger partial charge in [-0.25, -0.2) is 4.68 Å². The Balaban J connectivity index is 1.81. The number of rotatable bonds is 6. The fraction of sp³-hybridized carbons (Fsp3) is 0.643. The summed E-state index contributed by atoms with van der Waals surface area (Å²) in [6.07, 6.45) is 5.86. The molecule has 0 radical (unpaired) electrons. The van der Waals surface area contributed by atoms with Gasteiger partial charge in [0, 0.05) is 6.04 Å². The quantitative estimate of drug-likeness (QED) is 0.825. The second-order valence-electron chi connectivity index (χ2n) is 5.51. The zero-order valence-corrected chi connectivity index (χ0v) is 13.8. The van der Waals surface area contributed by atoms with Gasteiger partial charge in [-0.1, -0.05) is 31.5 Å². The maximum absolute atomic E-state index is 6.33. The molecule has 0 aliphatic heterocycles. The summed E-state index contributed by atoms with van der Waals surface area (Å²) in [6.45, 7) is 2.13. The molecule has 0 amide bonds. The molecule has 1 fully saturated rings. The van der Waals surface area contributed by atoms with Crippen LogP contribution in [0.2, 0.25) is 0 Å². The van der Waals surface area contributed by atoms with E-state index in [1.165, 1.54) is 31.2 Å². The van der Waals surface area contributed by atoms with Crippen molar-refractivity contribution in [1.29, 1.82) is 0 Å². The van der Waals surface area contributed by atoms with Crippen molar-refractivity contribution in [3.63, 3.8) is 0 Å². The van der Waals surface area contributed by atoms with Gasteiger partial charge in [0.05, 0.1) is 11.3 Å². The van der Waals surface area contributed by atoms with Crippen LogP contribution in [0.5, 0.6) is 0 Å². The summed E-state index contributed by atoms with van der Waals surface area (Å²) in [7, 11) is 0. The van der Waals surface area contributed by atoms with Crippen molar-refractivity contribution in [2.75, 3.05) is 0 Å². The van der Waals surface area contributed by atoms with Gasteiger partial charge < -0.3 is 5.73 Å². The van der Waals surface area contributed by atoms with Gasteiger partial charge in [-0.05, 0) is 52.1 Å². The van der Waals surface area contributed by atoms with E-state index in [1.54, 1.807) is 23.1 Å². The zero-order chi connectivity index (χ0) is 14.7. The first-order valence-corrected chi connectivity index (χ1v) is 9.34. The van der Waals surface area contributed by atoms with Crippen molar-refractivity contribution < 1.29 is 0 Å². The smallest absolute Gasteiger partial charge is 0.210 e. The highest BCUT2D eigenvalue weighted by atomic mass is 32.2. The van der Waals surface area contributed by atoms with Crippen LogP contribution in [0.4, 0.5) is 0 Å². The molecular formula is C14H21N5S2. The van der Waals surface area contributed by atoms with Crippen molar-refractivity contribution >= 4 is 23.1 Å². The predicted molar refractivity (Wildman–Crippen MR) is 86.5 cm³/mol. The molecule has 7 heteroatoms. The van der Waals surface area contributed by atoms with Crippen molar-refractivity contribution in [3.05, 3.63) is 22.4 Å². The summed E-state index contributed by atoms with van der Waals surface area (Å²) in [5.74, 6) is 0. The van der Waals surface area contributed by atoms with E-state index in [2.05, 4.69) is 39.3 Å². The molecule has 3 rings (SSSR count). The number of hydrogen-bond acceptors (Lipinski definition) is 6. The first-order valence-electron chi connectivity index (χ1n) is 7.51. The van der Waals surface area contributed by atoms with Gasteiger partial charge in [-0.15, -0.1) is 5.10 Å². The number of thiophene rings is 1. The van der Waals surface area contributed by atoms with Crippen LogP contribution in [0.3, 0.4) is 0 Å². The van der Waals surface area contributed by atoms with Gasteiger partial charge in [0.2, 0.25) is 5.16 Å². The van der Waals surface area contributed by atoms with Crippen molar-refractivity contribution in [3.8, 4) is 0 Å². The van der Waals surface area contributed by atoms with Gasteiger partial charge in [-0.3, -0.25) is 0 Å². The summed E-state index contributed by atoms with van der Waals surface area (Å²) in [6, 6.07) is 2.73. The summed E-state index contributed by atoms with van der Waals surface area (Å²) >= 11 is 3.42. The molecule has 21 heavy (non-hydrogen) atoms. The summed E-state index contributed by atoms with van der Waals surface area (Å²) < 4.78 is 2.01. The van der Waals surface area contributed by atoms with Crippen molar-refractivity contribution in [2.45, 2.75) is 61.5 Å². The van der Waals surface area contributed by atoms with Crippen molar-refractivity contribution in [1.82, 2.24) is 20.2 Å². The van der Waals surface area contributed by atoms with E-state index in [0.29, 0.717) is 6.04 Å². The molecule has 2 aromatic rings. The lowest BCUT2D eigenvalue weighted by Gasteiger charge is -2.21. The topological polar surface area (TPSA) is 69.6 Å². The summed E-state index contributed by atoms with van der Waals surface area (Å²) in [5.41, 5.74) is 7.61. The molecule has 0 bridgehead atoms. The molecule has 2 unspecified atom stereocenters. The third kappa shape index (κ3) is 3.30. The molecule has 0 spiro atoms. The van der Waals surface area contributed by atoms with E-state index in [-0.39, 0.29) is 11.3 Å². The highest BCUT2D eigenvalue weighted by Gasteiger charge is 2.26. The Bertz CT molecular complexity index is 547. The van der Waals surface area contributed by atoms with Crippen LogP contribution < -0.4 is 5.73 Å². The van der Waals surface area contributed by atoms with Crippen LogP contribution in [-0.2, 0) is 0 Å². The van der Waals surface area contributed by atoms with Crippen LogP contribution in [-0.4, -0.2) is 26.2 Å². The number of tetrazole rings is 1. The number of hydrogen-bond donors (Lipinski definition) is 1. The fourth-order valence-electron chi connectivity index (χ4n) is 2.81. The largest absolute Gasteiger partial charge is 0.326 e. The van der Waals surface area contributed by atoms with E-state index in [4.69, 9.17) is 5.73 Å². The van der Waals surface area contributed by atoms with Crippen molar-refractivity contribution in [2.24, 2.45) is 5.73 Å². The molecule has 2 aromatic heterocycles. The number of thioether (sulfide) groups is 1. The molecule has 1 aliphatic carbocycles. The second kappa shape index (κ2) is 6.89. The maximum atomic E-state index is 6.33. The Morgan fingerprint density at radius 3 is 2.95 bits per heavy atom. The second-order valence-corrected chi connectivity index (χ2v) is 7.40. The minimum atomic E-state index is 0.110. The van der Waals surface area contributed by atoms with Gasteiger partial charge >= 0.3 is 0 Å². The van der Waals surface area contributed by atoms with E-state index in [1.807, 2.05) is 4.68 Å². The number of nitrogens with zero attached hydrogens (tertiary/aromatic N) is 4. The Labute approximate surface area is 133 Å². The zero-order valence-electron chi connectivity index (χ0n) is 12.2. The highest BCUT2D eigenvalue weighted by Crippen LogP contribution is 2.40. The van der Waals surface area contributed by atoms with E-state index >= 15 is 0 Å². The maximum Gasteiger partial charge on any atom is 0.210 e. The Kier molecular flexibility index (Phi) is 4.92. The van der Waals surface area contributed by atoms with Gasteiger partial charge in [-0.2, -0.15) is 11.3 Å². The minimum absolute atomic E-state index is 0.110. The Hall–Kier alpha value is -0.920. The predicted octanol–water partition coefficient (Wildman–Crippen LogP) is 3.42. The molecule has 5 nitrogen and oxygen atoms in total. The lowest BCUT2D eigenvalue weighted by Crippen LogP contribution is -2.25. The van der Waals surface area contributed by atoms with Crippen LogP contribution in [0.25, 0.3) is 0 Å². The SMILES string of the molecule is CCC(N)C(Sc1nnnn1C1CCCC1)c1ccsc1. The molecule has 1 aliphatic rings. The monoisotopic (exact) mass is 323 g/mol. The minimum Gasteiger partial charge on any atom is -0.326 e. The molecule has 2 N–H and O–H groups in total. The van der Waals surface area contributed by atoms with Gasteiger partial charge in [0.1, 0.15) is 0 Å². The third-order valence-corrected chi connectivity index (χ3v) is 6.15. The van der Waals surface area contributed by atoms with Crippen LogP contribution in [0, 0.1) is 0 Å². The molecule has 114 valence electrons. The van der Waals surface area contributed by atoms with Crippen LogP contribution in [0.15, 0.2) is 22.0 Å².